The van der Waals surface area contributed by atoms with Crippen molar-refractivity contribution in [3.05, 3.63) is 35.4 Å². The Bertz CT molecular complexity index is 414. The number of aliphatic hydroxyl groups excluding tert-OH is 1. The molecule has 0 aliphatic carbocycles. The number of methoxy groups -OCH3 is 1. The molecular formula is C16H25NO3. The number of amides is 1. The Labute approximate surface area is 121 Å². The predicted molar refractivity (Wildman–Crippen MR) is 80.0 cm³/mol. The number of hydrogen-bond donors (Lipinski definition) is 2. The fourth-order valence-electron chi connectivity index (χ4n) is 1.94. The maximum absolute atomic E-state index is 12.1. The van der Waals surface area contributed by atoms with Gasteiger partial charge in [0.15, 0.2) is 0 Å². The molecule has 0 saturated heterocycles. The molecule has 20 heavy (non-hydrogen) atoms. The van der Waals surface area contributed by atoms with Gasteiger partial charge in [-0.1, -0.05) is 32.9 Å². The lowest BCUT2D eigenvalue weighted by atomic mass is 9.86. The van der Waals surface area contributed by atoms with E-state index < -0.39 is 0 Å². The summed E-state index contributed by atoms with van der Waals surface area (Å²) in [6.45, 7) is 6.83. The van der Waals surface area contributed by atoms with Crippen LogP contribution in [0.15, 0.2) is 24.3 Å². The largest absolute Gasteiger partial charge is 0.396 e. The molecule has 0 radical (unpaired) electrons. The number of nitrogens with one attached hydrogen (secondary N) is 1. The molecule has 112 valence electrons. The van der Waals surface area contributed by atoms with E-state index in [2.05, 4.69) is 26.1 Å². The molecule has 0 spiro atoms. The predicted octanol–water partition coefficient (Wildman–Crippen LogP) is 2.11. The molecule has 4 heteroatoms. The molecule has 0 aromatic heterocycles. The van der Waals surface area contributed by atoms with Crippen LogP contribution in [0.2, 0.25) is 0 Å². The summed E-state index contributed by atoms with van der Waals surface area (Å²) in [4.78, 5) is 12.1. The van der Waals surface area contributed by atoms with Gasteiger partial charge in [0.05, 0.1) is 12.6 Å². The first kappa shape index (κ1) is 16.7. The van der Waals surface area contributed by atoms with Crippen molar-refractivity contribution >= 4 is 5.91 Å². The third-order valence-electron chi connectivity index (χ3n) is 3.19. The van der Waals surface area contributed by atoms with Gasteiger partial charge in [0.1, 0.15) is 0 Å². The average molecular weight is 279 g/mol. The van der Waals surface area contributed by atoms with E-state index in [-0.39, 0.29) is 24.0 Å². The van der Waals surface area contributed by atoms with Gasteiger partial charge in [-0.25, -0.2) is 0 Å². The van der Waals surface area contributed by atoms with Crippen molar-refractivity contribution in [2.24, 2.45) is 0 Å². The van der Waals surface area contributed by atoms with Crippen LogP contribution in [0.4, 0.5) is 0 Å². The minimum atomic E-state index is -0.167. The monoisotopic (exact) mass is 279 g/mol. The van der Waals surface area contributed by atoms with Crippen molar-refractivity contribution in [3.63, 3.8) is 0 Å². The summed E-state index contributed by atoms with van der Waals surface area (Å²) < 4.78 is 5.03. The number of rotatable bonds is 6. The van der Waals surface area contributed by atoms with E-state index in [0.717, 1.165) is 0 Å². The topological polar surface area (TPSA) is 58.6 Å². The molecule has 0 aliphatic rings. The van der Waals surface area contributed by atoms with Crippen LogP contribution in [0.5, 0.6) is 0 Å². The second-order valence-electron chi connectivity index (χ2n) is 5.97. The van der Waals surface area contributed by atoms with Crippen LogP contribution in [0, 0.1) is 0 Å². The van der Waals surface area contributed by atoms with Crippen molar-refractivity contribution in [2.45, 2.75) is 38.6 Å². The van der Waals surface area contributed by atoms with Gasteiger partial charge in [-0.2, -0.15) is 0 Å². The molecule has 0 aliphatic heterocycles. The van der Waals surface area contributed by atoms with Gasteiger partial charge >= 0.3 is 0 Å². The third-order valence-corrected chi connectivity index (χ3v) is 3.19. The molecule has 0 heterocycles. The Kier molecular flexibility index (Phi) is 6.17. The first-order valence-electron chi connectivity index (χ1n) is 6.89. The minimum absolute atomic E-state index is 0.0251. The van der Waals surface area contributed by atoms with Crippen molar-refractivity contribution in [1.82, 2.24) is 5.32 Å². The second kappa shape index (κ2) is 7.41. The third kappa shape index (κ3) is 4.94. The summed E-state index contributed by atoms with van der Waals surface area (Å²) in [6, 6.07) is 7.45. The highest BCUT2D eigenvalue weighted by Gasteiger charge is 2.16. The summed E-state index contributed by atoms with van der Waals surface area (Å²) in [5.41, 5.74) is 1.89. The van der Waals surface area contributed by atoms with E-state index in [1.165, 1.54) is 5.56 Å². The lowest BCUT2D eigenvalue weighted by molar-refractivity contribution is 0.0878. The lowest BCUT2D eigenvalue weighted by Crippen LogP contribution is -2.38. The van der Waals surface area contributed by atoms with Gasteiger partial charge < -0.3 is 15.2 Å². The maximum atomic E-state index is 12.1. The van der Waals surface area contributed by atoms with E-state index in [1.807, 2.05) is 24.3 Å². The van der Waals surface area contributed by atoms with Gasteiger partial charge in [-0.15, -0.1) is 0 Å². The van der Waals surface area contributed by atoms with Gasteiger partial charge in [-0.05, 0) is 29.5 Å². The van der Waals surface area contributed by atoms with Crippen molar-refractivity contribution < 1.29 is 14.6 Å². The molecule has 0 fully saturated rings. The van der Waals surface area contributed by atoms with Crippen LogP contribution in [0.25, 0.3) is 0 Å². The Morgan fingerprint density at radius 1 is 1.30 bits per heavy atom. The first-order chi connectivity index (χ1) is 9.38. The molecule has 1 unspecified atom stereocenters. The summed E-state index contributed by atoms with van der Waals surface area (Å²) in [5.74, 6) is -0.138. The van der Waals surface area contributed by atoms with Gasteiger partial charge in [0.2, 0.25) is 0 Å². The van der Waals surface area contributed by atoms with Crippen LogP contribution in [-0.4, -0.2) is 37.4 Å². The van der Waals surface area contributed by atoms with E-state index in [9.17, 15) is 4.79 Å². The molecule has 1 amide bonds. The fourth-order valence-corrected chi connectivity index (χ4v) is 1.94. The molecule has 0 bridgehead atoms. The minimum Gasteiger partial charge on any atom is -0.396 e. The van der Waals surface area contributed by atoms with Gasteiger partial charge in [0, 0.05) is 19.3 Å². The van der Waals surface area contributed by atoms with Gasteiger partial charge in [-0.3, -0.25) is 4.79 Å². The standard InChI is InChI=1S/C16H25NO3/c1-16(2,3)13-7-5-12(6-8-13)15(19)17-14(9-10-18)11-20-4/h5-8,14,18H,9-11H2,1-4H3,(H,17,19). The summed E-state index contributed by atoms with van der Waals surface area (Å²) in [5, 5.41) is 11.8. The van der Waals surface area contributed by atoms with E-state index >= 15 is 0 Å². The van der Waals surface area contributed by atoms with Crippen molar-refractivity contribution in [3.8, 4) is 0 Å². The number of ether oxygens (including phenoxy) is 1. The van der Waals surface area contributed by atoms with Crippen molar-refractivity contribution in [2.75, 3.05) is 20.3 Å². The SMILES string of the molecule is COCC(CCO)NC(=O)c1ccc(C(C)(C)C)cc1. The molecular weight excluding hydrogens is 254 g/mol. The summed E-state index contributed by atoms with van der Waals surface area (Å²) in [7, 11) is 1.58. The van der Waals surface area contributed by atoms with Crippen molar-refractivity contribution in [1.29, 1.82) is 0 Å². The molecule has 1 rings (SSSR count). The van der Waals surface area contributed by atoms with Crippen LogP contribution in [-0.2, 0) is 10.2 Å². The summed E-state index contributed by atoms with van der Waals surface area (Å²) >= 11 is 0. The number of carbonyl (C=O) groups excluding carboxylic acids is 1. The fraction of sp³-hybridized carbons (Fsp3) is 0.562. The molecule has 1 atom stereocenters. The van der Waals surface area contributed by atoms with E-state index in [4.69, 9.17) is 9.84 Å². The maximum Gasteiger partial charge on any atom is 0.251 e. The van der Waals surface area contributed by atoms with Crippen LogP contribution in [0.3, 0.4) is 0 Å². The molecule has 2 N–H and O–H groups in total. The Morgan fingerprint density at radius 2 is 1.90 bits per heavy atom. The summed E-state index contributed by atoms with van der Waals surface area (Å²) in [6.07, 6.45) is 0.486. The van der Waals surface area contributed by atoms with Crippen LogP contribution in [0.1, 0.15) is 43.1 Å². The zero-order valence-electron chi connectivity index (χ0n) is 12.8. The normalized spacial score (nSPS) is 13.1. The second-order valence-corrected chi connectivity index (χ2v) is 5.97. The number of aliphatic hydroxyl groups is 1. The Morgan fingerprint density at radius 3 is 2.35 bits per heavy atom. The Hall–Kier alpha value is -1.39. The molecule has 0 saturated carbocycles. The quantitative estimate of drug-likeness (QED) is 0.838. The van der Waals surface area contributed by atoms with Crippen LogP contribution >= 0.6 is 0 Å². The molecule has 1 aromatic carbocycles. The number of carbonyl (C=O) groups is 1. The molecule has 1 aromatic rings. The van der Waals surface area contributed by atoms with E-state index in [0.29, 0.717) is 18.6 Å². The highest BCUT2D eigenvalue weighted by Crippen LogP contribution is 2.22. The van der Waals surface area contributed by atoms with E-state index in [1.54, 1.807) is 7.11 Å². The zero-order chi connectivity index (χ0) is 15.2. The lowest BCUT2D eigenvalue weighted by Gasteiger charge is -2.20. The number of benzene rings is 1. The van der Waals surface area contributed by atoms with Crippen LogP contribution < -0.4 is 5.32 Å². The number of hydrogen-bond acceptors (Lipinski definition) is 3. The Balaban J connectivity index is 2.72. The molecule has 4 nitrogen and oxygen atoms in total. The zero-order valence-corrected chi connectivity index (χ0v) is 12.8. The van der Waals surface area contributed by atoms with Gasteiger partial charge in [0.25, 0.3) is 5.91 Å². The highest BCUT2D eigenvalue weighted by molar-refractivity contribution is 5.94. The average Bonchev–Trinajstić information content (AvgIpc) is 2.38. The smallest absolute Gasteiger partial charge is 0.251 e. The highest BCUT2D eigenvalue weighted by atomic mass is 16.5. The first-order valence-corrected chi connectivity index (χ1v) is 6.89.